The van der Waals surface area contributed by atoms with Gasteiger partial charge in [-0.25, -0.2) is 4.79 Å². The van der Waals surface area contributed by atoms with Crippen LogP contribution >= 0.6 is 0 Å². The number of aryl methyl sites for hydroxylation is 1. The van der Waals surface area contributed by atoms with Gasteiger partial charge in [0, 0.05) is 24.5 Å². The second kappa shape index (κ2) is 4.75. The van der Waals surface area contributed by atoms with Crippen molar-refractivity contribution in [1.82, 2.24) is 4.57 Å². The largest absolute Gasteiger partial charge is 0.478 e. The van der Waals surface area contributed by atoms with Crippen molar-refractivity contribution in [3.8, 4) is 11.8 Å². The third-order valence-electron chi connectivity index (χ3n) is 2.67. The minimum Gasteiger partial charge on any atom is -0.478 e. The zero-order chi connectivity index (χ0) is 12.3. The Bertz CT molecular complexity index is 614. The van der Waals surface area contributed by atoms with Crippen LogP contribution in [0.5, 0.6) is 0 Å². The molecule has 0 radical (unpaired) electrons. The van der Waals surface area contributed by atoms with Crippen LogP contribution in [0, 0.1) is 11.8 Å². The molecule has 2 aromatic rings. The first-order valence-electron chi connectivity index (χ1n) is 5.45. The molecule has 0 spiro atoms. The summed E-state index contributed by atoms with van der Waals surface area (Å²) >= 11 is 0. The number of nitrogens with zero attached hydrogens (tertiary/aromatic N) is 1. The highest BCUT2D eigenvalue weighted by atomic mass is 16.4. The van der Waals surface area contributed by atoms with E-state index in [2.05, 4.69) is 11.8 Å². The molecule has 0 saturated carbocycles. The Kier molecular flexibility index (Phi) is 3.15. The topological polar surface area (TPSA) is 42.2 Å². The molecule has 0 amide bonds. The molecule has 1 N–H and O–H groups in total. The van der Waals surface area contributed by atoms with Crippen molar-refractivity contribution in [2.24, 2.45) is 0 Å². The van der Waals surface area contributed by atoms with Gasteiger partial charge in [-0.1, -0.05) is 12.1 Å². The van der Waals surface area contributed by atoms with Crippen molar-refractivity contribution >= 4 is 16.9 Å². The average Bonchev–Trinajstić information content (AvgIpc) is 2.73. The number of para-hydroxylation sites is 1. The van der Waals surface area contributed by atoms with Gasteiger partial charge >= 0.3 is 5.97 Å². The van der Waals surface area contributed by atoms with E-state index in [-0.39, 0.29) is 0 Å². The fourth-order valence-corrected chi connectivity index (χ4v) is 1.92. The van der Waals surface area contributed by atoms with Gasteiger partial charge < -0.3 is 9.67 Å². The second-order valence-corrected chi connectivity index (χ2v) is 3.73. The predicted octanol–water partition coefficient (Wildman–Crippen LogP) is 2.75. The van der Waals surface area contributed by atoms with E-state index >= 15 is 0 Å². The number of carboxylic acids is 1. The molecule has 17 heavy (non-hydrogen) atoms. The highest BCUT2D eigenvalue weighted by molar-refractivity contribution is 6.02. The number of hydrogen-bond acceptors (Lipinski definition) is 1. The van der Waals surface area contributed by atoms with Gasteiger partial charge in [0.2, 0.25) is 0 Å². The molecule has 1 aromatic carbocycles. The molecule has 0 aliphatic rings. The van der Waals surface area contributed by atoms with Crippen LogP contribution < -0.4 is 0 Å². The van der Waals surface area contributed by atoms with Crippen molar-refractivity contribution in [3.05, 3.63) is 36.0 Å². The molecule has 1 aromatic heterocycles. The molecular weight excluding hydrogens is 214 g/mol. The molecule has 1 heterocycles. The third kappa shape index (κ3) is 2.16. The summed E-state index contributed by atoms with van der Waals surface area (Å²) in [6, 6.07) is 7.25. The first kappa shape index (κ1) is 11.3. The van der Waals surface area contributed by atoms with Gasteiger partial charge in [-0.05, 0) is 19.1 Å². The SMILES string of the molecule is CC#CCCn1ccc2cccc(C(=O)O)c21. The molecule has 0 saturated heterocycles. The summed E-state index contributed by atoms with van der Waals surface area (Å²) in [4.78, 5) is 11.2. The van der Waals surface area contributed by atoms with Gasteiger partial charge in [0.25, 0.3) is 0 Å². The van der Waals surface area contributed by atoms with Gasteiger partial charge in [0.1, 0.15) is 0 Å². The lowest BCUT2D eigenvalue weighted by Crippen LogP contribution is -2.02. The second-order valence-electron chi connectivity index (χ2n) is 3.73. The Balaban J connectivity index is 2.48. The Labute approximate surface area is 99.7 Å². The number of hydrogen-bond donors (Lipinski definition) is 1. The van der Waals surface area contributed by atoms with Gasteiger partial charge in [0.05, 0.1) is 11.1 Å². The molecule has 3 heteroatoms. The van der Waals surface area contributed by atoms with E-state index in [1.54, 1.807) is 19.1 Å². The number of aromatic carboxylic acids is 1. The Morgan fingerprint density at radius 3 is 2.94 bits per heavy atom. The molecule has 0 unspecified atom stereocenters. The lowest BCUT2D eigenvalue weighted by atomic mass is 10.1. The molecule has 2 rings (SSSR count). The highest BCUT2D eigenvalue weighted by Crippen LogP contribution is 2.20. The quantitative estimate of drug-likeness (QED) is 0.819. The number of aromatic nitrogens is 1. The van der Waals surface area contributed by atoms with E-state index in [0.29, 0.717) is 12.1 Å². The number of benzene rings is 1. The minimum absolute atomic E-state index is 0.344. The van der Waals surface area contributed by atoms with Crippen LogP contribution in [0.4, 0.5) is 0 Å². The van der Waals surface area contributed by atoms with Gasteiger partial charge in [-0.2, -0.15) is 0 Å². The maximum atomic E-state index is 11.2. The smallest absolute Gasteiger partial charge is 0.337 e. The molecule has 0 fully saturated rings. The molecular formula is C14H13NO2. The summed E-state index contributed by atoms with van der Waals surface area (Å²) in [5.41, 5.74) is 1.12. The van der Waals surface area contributed by atoms with E-state index in [1.165, 1.54) is 0 Å². The molecule has 0 bridgehead atoms. The van der Waals surface area contributed by atoms with Crippen molar-refractivity contribution < 1.29 is 9.90 Å². The number of carbonyl (C=O) groups is 1. The highest BCUT2D eigenvalue weighted by Gasteiger charge is 2.11. The minimum atomic E-state index is -0.892. The van der Waals surface area contributed by atoms with E-state index in [4.69, 9.17) is 5.11 Å². The summed E-state index contributed by atoms with van der Waals surface area (Å²) in [6.07, 6.45) is 2.64. The van der Waals surface area contributed by atoms with E-state index in [0.717, 1.165) is 17.3 Å². The van der Waals surface area contributed by atoms with Crippen LogP contribution in [-0.4, -0.2) is 15.6 Å². The van der Waals surface area contributed by atoms with Crippen LogP contribution in [0.15, 0.2) is 30.5 Å². The summed E-state index contributed by atoms with van der Waals surface area (Å²) in [6.45, 7) is 2.52. The molecule has 0 aliphatic heterocycles. The normalized spacial score (nSPS) is 9.94. The summed E-state index contributed by atoms with van der Waals surface area (Å²) in [5, 5.41) is 10.1. The number of fused-ring (bicyclic) bond motifs is 1. The van der Waals surface area contributed by atoms with Crippen LogP contribution in [0.2, 0.25) is 0 Å². The van der Waals surface area contributed by atoms with Crippen LogP contribution in [0.3, 0.4) is 0 Å². The predicted molar refractivity (Wildman–Crippen MR) is 67.0 cm³/mol. The van der Waals surface area contributed by atoms with E-state index < -0.39 is 5.97 Å². The number of carboxylic acid groups (broad SMARTS) is 1. The van der Waals surface area contributed by atoms with Crippen molar-refractivity contribution in [2.75, 3.05) is 0 Å². The van der Waals surface area contributed by atoms with E-state index in [1.807, 2.05) is 22.9 Å². The zero-order valence-electron chi connectivity index (χ0n) is 9.60. The first-order chi connectivity index (χ1) is 8.24. The first-order valence-corrected chi connectivity index (χ1v) is 5.45. The molecule has 3 nitrogen and oxygen atoms in total. The lowest BCUT2D eigenvalue weighted by Gasteiger charge is -2.05. The van der Waals surface area contributed by atoms with Gasteiger partial charge in [-0.15, -0.1) is 11.8 Å². The molecule has 86 valence electrons. The summed E-state index contributed by atoms with van der Waals surface area (Å²) in [5.74, 6) is 4.93. The van der Waals surface area contributed by atoms with Crippen LogP contribution in [0.1, 0.15) is 23.7 Å². The Morgan fingerprint density at radius 2 is 2.24 bits per heavy atom. The van der Waals surface area contributed by atoms with Crippen LogP contribution in [-0.2, 0) is 6.54 Å². The zero-order valence-corrected chi connectivity index (χ0v) is 9.60. The lowest BCUT2D eigenvalue weighted by molar-refractivity contribution is 0.0698. The molecule has 0 atom stereocenters. The standard InChI is InChI=1S/C14H13NO2/c1-2-3-4-9-15-10-8-11-6-5-7-12(13(11)15)14(16)17/h5-8,10H,4,9H2,1H3,(H,16,17). The average molecular weight is 227 g/mol. The van der Waals surface area contributed by atoms with Crippen LogP contribution in [0.25, 0.3) is 10.9 Å². The number of rotatable bonds is 3. The third-order valence-corrected chi connectivity index (χ3v) is 2.67. The Hall–Kier alpha value is -2.21. The monoisotopic (exact) mass is 227 g/mol. The Morgan fingerprint density at radius 1 is 1.41 bits per heavy atom. The van der Waals surface area contributed by atoms with Crippen molar-refractivity contribution in [2.45, 2.75) is 19.9 Å². The maximum absolute atomic E-state index is 11.2. The molecule has 0 aliphatic carbocycles. The maximum Gasteiger partial charge on any atom is 0.337 e. The van der Waals surface area contributed by atoms with Gasteiger partial charge in [0.15, 0.2) is 0 Å². The fraction of sp³-hybridized carbons (Fsp3) is 0.214. The van der Waals surface area contributed by atoms with E-state index in [9.17, 15) is 4.79 Å². The van der Waals surface area contributed by atoms with Gasteiger partial charge in [-0.3, -0.25) is 0 Å². The summed E-state index contributed by atoms with van der Waals surface area (Å²) < 4.78 is 1.95. The van der Waals surface area contributed by atoms with Crippen molar-refractivity contribution in [3.63, 3.8) is 0 Å². The van der Waals surface area contributed by atoms with Crippen molar-refractivity contribution in [1.29, 1.82) is 0 Å². The fourth-order valence-electron chi connectivity index (χ4n) is 1.92. The summed E-state index contributed by atoms with van der Waals surface area (Å²) in [7, 11) is 0.